The van der Waals surface area contributed by atoms with Gasteiger partial charge in [-0.15, -0.1) is 0 Å². The average molecular weight is 270 g/mol. The first-order valence-corrected chi connectivity index (χ1v) is 6.93. The van der Waals surface area contributed by atoms with Gasteiger partial charge in [-0.2, -0.15) is 0 Å². The number of amides is 1. The van der Waals surface area contributed by atoms with Gasteiger partial charge in [0.1, 0.15) is 5.69 Å². The van der Waals surface area contributed by atoms with Crippen molar-refractivity contribution in [2.45, 2.75) is 26.3 Å². The molecule has 1 saturated heterocycles. The number of rotatable bonds is 5. The fourth-order valence-electron chi connectivity index (χ4n) is 2.37. The first-order chi connectivity index (χ1) is 8.70. The van der Waals surface area contributed by atoms with E-state index >= 15 is 0 Å². The van der Waals surface area contributed by atoms with Gasteiger partial charge in [0.25, 0.3) is 5.91 Å². The van der Waals surface area contributed by atoms with Crippen molar-refractivity contribution in [3.05, 3.63) is 23.0 Å². The van der Waals surface area contributed by atoms with Gasteiger partial charge in [-0.05, 0) is 44.8 Å². The van der Waals surface area contributed by atoms with Gasteiger partial charge in [0, 0.05) is 19.3 Å². The summed E-state index contributed by atoms with van der Waals surface area (Å²) >= 11 is 5.92. The summed E-state index contributed by atoms with van der Waals surface area (Å²) in [7, 11) is 0. The molecule has 1 atom stereocenters. The molecule has 0 bridgehead atoms. The maximum Gasteiger partial charge on any atom is 0.267 e. The third-order valence-electron chi connectivity index (χ3n) is 3.44. The van der Waals surface area contributed by atoms with Crippen LogP contribution in [0.3, 0.4) is 0 Å². The van der Waals surface area contributed by atoms with Gasteiger partial charge < -0.3 is 15.2 Å². The first kappa shape index (κ1) is 13.4. The number of hydrogen-bond donors (Lipinski definition) is 2. The topological polar surface area (TPSA) is 46.1 Å². The molecular weight excluding hydrogens is 250 g/mol. The summed E-state index contributed by atoms with van der Waals surface area (Å²) in [6.07, 6.45) is 4.05. The van der Waals surface area contributed by atoms with Gasteiger partial charge >= 0.3 is 0 Å². The summed E-state index contributed by atoms with van der Waals surface area (Å²) in [5.74, 6) is 0.668. The second kappa shape index (κ2) is 6.25. The van der Waals surface area contributed by atoms with E-state index in [1.807, 2.05) is 11.5 Å². The molecule has 0 spiro atoms. The minimum absolute atomic E-state index is 0.0327. The van der Waals surface area contributed by atoms with Crippen LogP contribution in [0.15, 0.2) is 12.3 Å². The highest BCUT2D eigenvalue weighted by atomic mass is 35.5. The molecule has 1 unspecified atom stereocenters. The van der Waals surface area contributed by atoms with Gasteiger partial charge in [-0.3, -0.25) is 4.79 Å². The highest BCUT2D eigenvalue weighted by molar-refractivity contribution is 6.31. The van der Waals surface area contributed by atoms with E-state index in [1.165, 1.54) is 6.42 Å². The number of nitrogens with zero attached hydrogens (tertiary/aromatic N) is 1. The molecule has 1 aliphatic heterocycles. The number of halogens is 1. The molecule has 1 fully saturated rings. The van der Waals surface area contributed by atoms with Crippen LogP contribution in [0.5, 0.6) is 0 Å². The van der Waals surface area contributed by atoms with E-state index in [1.54, 1.807) is 12.3 Å². The Hall–Kier alpha value is -1.00. The summed E-state index contributed by atoms with van der Waals surface area (Å²) in [4.78, 5) is 12.0. The monoisotopic (exact) mass is 269 g/mol. The Kier molecular flexibility index (Phi) is 4.66. The van der Waals surface area contributed by atoms with Crippen LogP contribution in [0.2, 0.25) is 5.02 Å². The molecule has 2 heterocycles. The van der Waals surface area contributed by atoms with E-state index in [0.29, 0.717) is 16.6 Å². The molecule has 18 heavy (non-hydrogen) atoms. The van der Waals surface area contributed by atoms with Gasteiger partial charge in [0.15, 0.2) is 0 Å². The zero-order valence-electron chi connectivity index (χ0n) is 10.7. The molecule has 1 amide bonds. The van der Waals surface area contributed by atoms with Crippen molar-refractivity contribution < 1.29 is 4.79 Å². The minimum atomic E-state index is -0.0327. The summed E-state index contributed by atoms with van der Waals surface area (Å²) in [5, 5.41) is 6.91. The fourth-order valence-corrected chi connectivity index (χ4v) is 2.59. The second-order valence-corrected chi connectivity index (χ2v) is 5.17. The molecule has 0 aliphatic carbocycles. The third-order valence-corrected chi connectivity index (χ3v) is 3.64. The van der Waals surface area contributed by atoms with Gasteiger partial charge in [0.2, 0.25) is 0 Å². The molecule has 5 heteroatoms. The lowest BCUT2D eigenvalue weighted by molar-refractivity contribution is 0.0942. The predicted molar refractivity (Wildman–Crippen MR) is 73.0 cm³/mol. The van der Waals surface area contributed by atoms with Crippen molar-refractivity contribution in [2.24, 2.45) is 5.92 Å². The van der Waals surface area contributed by atoms with Crippen LogP contribution in [-0.2, 0) is 6.54 Å². The van der Waals surface area contributed by atoms with Crippen molar-refractivity contribution in [3.8, 4) is 0 Å². The Morgan fingerprint density at radius 2 is 2.50 bits per heavy atom. The van der Waals surface area contributed by atoms with Crippen LogP contribution >= 0.6 is 11.6 Å². The lowest BCUT2D eigenvalue weighted by atomic mass is 10.1. The maximum absolute atomic E-state index is 12.0. The second-order valence-electron chi connectivity index (χ2n) is 4.73. The van der Waals surface area contributed by atoms with Crippen LogP contribution in [0.1, 0.15) is 30.3 Å². The number of carbonyl (C=O) groups excluding carboxylic acids is 1. The Morgan fingerprint density at radius 1 is 1.67 bits per heavy atom. The lowest BCUT2D eigenvalue weighted by Gasteiger charge is -2.10. The number of hydrogen-bond acceptors (Lipinski definition) is 2. The number of aromatic nitrogens is 1. The average Bonchev–Trinajstić information content (AvgIpc) is 2.98. The molecule has 1 aromatic heterocycles. The third kappa shape index (κ3) is 3.27. The summed E-state index contributed by atoms with van der Waals surface area (Å²) in [6.45, 7) is 5.66. The molecule has 0 aromatic carbocycles. The van der Waals surface area contributed by atoms with Crippen LogP contribution in [-0.4, -0.2) is 30.1 Å². The SMILES string of the molecule is CCn1cc(Cl)cc1C(=O)NCCC1CCNC1. The zero-order valence-corrected chi connectivity index (χ0v) is 11.5. The van der Waals surface area contributed by atoms with E-state index in [2.05, 4.69) is 10.6 Å². The largest absolute Gasteiger partial charge is 0.351 e. The van der Waals surface area contributed by atoms with Crippen LogP contribution in [0, 0.1) is 5.92 Å². The van der Waals surface area contributed by atoms with Gasteiger partial charge in [-0.25, -0.2) is 0 Å². The zero-order chi connectivity index (χ0) is 13.0. The standard InChI is InChI=1S/C13H20ClN3O/c1-2-17-9-11(14)7-12(17)13(18)16-6-4-10-3-5-15-8-10/h7,9-10,15H,2-6,8H2,1H3,(H,16,18). The van der Waals surface area contributed by atoms with E-state index in [9.17, 15) is 4.79 Å². The summed E-state index contributed by atoms with van der Waals surface area (Å²) in [5.41, 5.74) is 0.645. The molecule has 0 saturated carbocycles. The van der Waals surface area contributed by atoms with E-state index in [-0.39, 0.29) is 5.91 Å². The number of nitrogens with one attached hydrogen (secondary N) is 2. The van der Waals surface area contributed by atoms with Crippen LogP contribution in [0.4, 0.5) is 0 Å². The molecular formula is C13H20ClN3O. The summed E-state index contributed by atoms with van der Waals surface area (Å²) in [6, 6.07) is 1.72. The van der Waals surface area contributed by atoms with Crippen molar-refractivity contribution in [3.63, 3.8) is 0 Å². The molecule has 2 N–H and O–H groups in total. The number of aryl methyl sites for hydroxylation is 1. The predicted octanol–water partition coefficient (Wildman–Crippen LogP) is 1.89. The quantitative estimate of drug-likeness (QED) is 0.858. The normalized spacial score (nSPS) is 19.1. The van der Waals surface area contributed by atoms with Crippen LogP contribution < -0.4 is 10.6 Å². The molecule has 4 nitrogen and oxygen atoms in total. The first-order valence-electron chi connectivity index (χ1n) is 6.55. The maximum atomic E-state index is 12.0. The fraction of sp³-hybridized carbons (Fsp3) is 0.615. The molecule has 0 radical (unpaired) electrons. The smallest absolute Gasteiger partial charge is 0.267 e. The Morgan fingerprint density at radius 3 is 3.17 bits per heavy atom. The molecule has 1 aliphatic rings. The van der Waals surface area contributed by atoms with E-state index in [4.69, 9.17) is 11.6 Å². The van der Waals surface area contributed by atoms with Crippen molar-refractivity contribution in [1.82, 2.24) is 15.2 Å². The van der Waals surface area contributed by atoms with Crippen molar-refractivity contribution in [1.29, 1.82) is 0 Å². The lowest BCUT2D eigenvalue weighted by Crippen LogP contribution is -2.28. The highest BCUT2D eigenvalue weighted by Crippen LogP contribution is 2.14. The van der Waals surface area contributed by atoms with E-state index in [0.717, 1.165) is 32.6 Å². The van der Waals surface area contributed by atoms with Crippen molar-refractivity contribution >= 4 is 17.5 Å². The molecule has 2 rings (SSSR count). The Labute approximate surface area is 113 Å². The Balaban J connectivity index is 1.83. The summed E-state index contributed by atoms with van der Waals surface area (Å²) < 4.78 is 1.87. The van der Waals surface area contributed by atoms with E-state index < -0.39 is 0 Å². The number of carbonyl (C=O) groups is 1. The van der Waals surface area contributed by atoms with Gasteiger partial charge in [-0.1, -0.05) is 11.6 Å². The van der Waals surface area contributed by atoms with Crippen LogP contribution in [0.25, 0.3) is 0 Å². The van der Waals surface area contributed by atoms with Gasteiger partial charge in [0.05, 0.1) is 5.02 Å². The molecule has 1 aromatic rings. The Bertz CT molecular complexity index is 410. The van der Waals surface area contributed by atoms with Crippen molar-refractivity contribution in [2.75, 3.05) is 19.6 Å². The highest BCUT2D eigenvalue weighted by Gasteiger charge is 2.16. The molecule has 100 valence electrons. The minimum Gasteiger partial charge on any atom is -0.351 e.